The van der Waals surface area contributed by atoms with Crippen LogP contribution >= 0.6 is 22.9 Å². The lowest BCUT2D eigenvalue weighted by Gasteiger charge is -2.46. The lowest BCUT2D eigenvalue weighted by molar-refractivity contribution is -0.131. The smallest absolute Gasteiger partial charge is 0.272 e. The number of hydrogen-bond donors (Lipinski definition) is 1. The van der Waals surface area contributed by atoms with Crippen LogP contribution in [0.4, 0.5) is 20.3 Å². The highest BCUT2D eigenvalue weighted by Gasteiger charge is 2.47. The number of hydrazone groups is 1. The molecule has 67 heavy (non-hydrogen) atoms. The zero-order valence-electron chi connectivity index (χ0n) is 37.7. The molecule has 0 bridgehead atoms. The number of rotatable bonds is 9. The first-order valence-electron chi connectivity index (χ1n) is 23.8. The summed E-state index contributed by atoms with van der Waals surface area (Å²) < 4.78 is 35.5. The molecule has 4 aromatic rings. The van der Waals surface area contributed by atoms with Crippen molar-refractivity contribution in [3.05, 3.63) is 80.8 Å². The number of aromatic nitrogens is 3. The van der Waals surface area contributed by atoms with Crippen LogP contribution in [-0.2, 0) is 11.2 Å². The number of piperidine rings is 3. The topological polar surface area (TPSA) is 146 Å². The molecule has 0 spiro atoms. The summed E-state index contributed by atoms with van der Waals surface area (Å²) in [7, 11) is 0. The number of benzene rings is 2. The number of amidine groups is 1. The first kappa shape index (κ1) is 45.3. The lowest BCUT2D eigenvalue weighted by Crippen LogP contribution is -2.56. The van der Waals surface area contributed by atoms with Crippen LogP contribution in [-0.4, -0.2) is 124 Å². The second kappa shape index (κ2) is 19.7. The summed E-state index contributed by atoms with van der Waals surface area (Å²) in [5.41, 5.74) is 5.29. The molecule has 14 nitrogen and oxygen atoms in total. The van der Waals surface area contributed by atoms with Crippen LogP contribution in [0.5, 0.6) is 5.75 Å². The molecule has 1 aliphatic carbocycles. The van der Waals surface area contributed by atoms with Gasteiger partial charge < -0.3 is 24.8 Å². The first-order chi connectivity index (χ1) is 32.6. The third kappa shape index (κ3) is 9.54. The number of amides is 2. The molecular weight excluding hydrogens is 896 g/mol. The minimum Gasteiger partial charge on any atom is -0.490 e. The van der Waals surface area contributed by atoms with Gasteiger partial charge in [0, 0.05) is 99.1 Å². The summed E-state index contributed by atoms with van der Waals surface area (Å²) in [5.74, 6) is 2.13. The Morgan fingerprint density at radius 3 is 2.48 bits per heavy atom. The number of nitrogens with one attached hydrogen (secondary N) is 1. The number of alkyl halides is 2. The van der Waals surface area contributed by atoms with Gasteiger partial charge in [-0.15, -0.1) is 21.5 Å². The van der Waals surface area contributed by atoms with Gasteiger partial charge in [-0.2, -0.15) is 10.4 Å². The first-order valence-corrected chi connectivity index (χ1v) is 25.2. The minimum atomic E-state index is -2.65. The van der Waals surface area contributed by atoms with Crippen molar-refractivity contribution >= 4 is 52.1 Å². The molecule has 2 aromatic carbocycles. The van der Waals surface area contributed by atoms with E-state index in [9.17, 15) is 18.4 Å². The maximum atomic E-state index is 14.7. The molecule has 2 unspecified atom stereocenters. The summed E-state index contributed by atoms with van der Waals surface area (Å²) in [6, 6.07) is 15.2. The lowest BCUT2D eigenvalue weighted by atomic mass is 9.87. The van der Waals surface area contributed by atoms with Crippen molar-refractivity contribution in [2.75, 3.05) is 55.6 Å². The predicted octanol–water partition coefficient (Wildman–Crippen LogP) is 7.93. The van der Waals surface area contributed by atoms with Gasteiger partial charge in [0.1, 0.15) is 17.7 Å². The Bertz CT molecular complexity index is 2510. The largest absolute Gasteiger partial charge is 0.490 e. The van der Waals surface area contributed by atoms with Gasteiger partial charge in [0.2, 0.25) is 5.91 Å². The summed E-state index contributed by atoms with van der Waals surface area (Å²) in [4.78, 5) is 39.3. The fourth-order valence-corrected chi connectivity index (χ4v) is 12.1. The van der Waals surface area contributed by atoms with Gasteiger partial charge in [0.15, 0.2) is 11.5 Å². The Morgan fingerprint density at radius 1 is 0.925 bits per heavy atom. The number of halogens is 3. The Hall–Kier alpha value is -5.44. The molecule has 1 N–H and O–H groups in total. The number of carbonyl (C=O) groups excluding carboxylic acids is 2. The van der Waals surface area contributed by atoms with Crippen LogP contribution in [0, 0.1) is 17.2 Å². The molecule has 10 rings (SSSR count). The molecular formula is C49H56ClF2N11O3S. The SMILES string of the molecule is CC(=O)N1CCC2C(C1)C(N1CCCc3cc(-c4cscn4)c(C(F)F)cc31)=NN2C1CCN([C@H]2CCCN(c3ccc(C(=O)NC4CCC(Oc5ccc(C#N)c(Cl)c5)CC4)nn3)C2)CC1. The van der Waals surface area contributed by atoms with Gasteiger partial charge in [-0.25, -0.2) is 13.8 Å². The fourth-order valence-electron chi connectivity index (χ4n) is 11.3. The average molecular weight is 953 g/mol. The number of aryl methyl sites for hydroxylation is 1. The monoisotopic (exact) mass is 951 g/mol. The number of hydrogen-bond acceptors (Lipinski definition) is 13. The molecule has 6 aliphatic rings. The van der Waals surface area contributed by atoms with Crippen LogP contribution in [0.2, 0.25) is 5.02 Å². The molecule has 18 heteroatoms. The molecule has 3 saturated heterocycles. The number of ether oxygens (including phenoxy) is 1. The van der Waals surface area contributed by atoms with Crippen LogP contribution in [0.15, 0.2) is 58.5 Å². The highest BCUT2D eigenvalue weighted by molar-refractivity contribution is 7.07. The van der Waals surface area contributed by atoms with Gasteiger partial charge in [-0.05, 0) is 113 Å². The standard InChI is InChI=1S/C49H56ClF2N11O3S/c1-30(64)60-21-16-44-40(27-60)48(62-18-2-4-31-22-38(43-28-67-29-54-43)39(47(51)52)24-45(31)62)58-63(44)34-14-19-59(20-15-34)35-5-3-17-61(26-35)46-13-12-42(56-57-46)49(65)55-33-7-10-36(11-8-33)66-37-9-6-32(25-53)41(50)23-37/h6,9,12-13,22-24,28-29,33-36,40,44,47H,2-5,7-8,10-11,14-21,26-27H2,1H3,(H,55,65)/t33?,35-,36?,40?,44?/m0/s1. The molecule has 0 radical (unpaired) electrons. The second-order valence-electron chi connectivity index (χ2n) is 18.9. The van der Waals surface area contributed by atoms with E-state index in [1.807, 2.05) is 22.4 Å². The molecule has 4 fully saturated rings. The van der Waals surface area contributed by atoms with E-state index < -0.39 is 6.43 Å². The maximum Gasteiger partial charge on any atom is 0.272 e. The number of anilines is 2. The van der Waals surface area contributed by atoms with E-state index in [0.717, 1.165) is 120 Å². The fraction of sp³-hybridized carbons (Fsp3) is 0.531. The molecule has 352 valence electrons. The van der Waals surface area contributed by atoms with Crippen LogP contribution in [0.25, 0.3) is 11.3 Å². The summed E-state index contributed by atoms with van der Waals surface area (Å²) >= 11 is 7.59. The quantitative estimate of drug-likeness (QED) is 0.175. The minimum absolute atomic E-state index is 0.00998. The van der Waals surface area contributed by atoms with Crippen molar-refractivity contribution in [3.8, 4) is 23.1 Å². The van der Waals surface area contributed by atoms with Gasteiger partial charge in [0.25, 0.3) is 12.3 Å². The molecule has 2 amide bonds. The van der Waals surface area contributed by atoms with E-state index in [2.05, 4.69) is 46.3 Å². The van der Waals surface area contributed by atoms with E-state index >= 15 is 0 Å². The Balaban J connectivity index is 0.755. The van der Waals surface area contributed by atoms with Gasteiger partial charge >= 0.3 is 0 Å². The van der Waals surface area contributed by atoms with Crippen LogP contribution < -0.4 is 19.9 Å². The third-order valence-corrected chi connectivity index (χ3v) is 15.8. The number of nitriles is 1. The maximum absolute atomic E-state index is 14.7. The van der Waals surface area contributed by atoms with Crippen LogP contribution in [0.3, 0.4) is 0 Å². The molecule has 1 saturated carbocycles. The van der Waals surface area contributed by atoms with Crippen molar-refractivity contribution in [2.24, 2.45) is 11.0 Å². The van der Waals surface area contributed by atoms with E-state index in [4.69, 9.17) is 26.7 Å². The van der Waals surface area contributed by atoms with Crippen LogP contribution in [0.1, 0.15) is 105 Å². The number of nitrogens with zero attached hydrogens (tertiary/aromatic N) is 10. The van der Waals surface area contributed by atoms with Crippen molar-refractivity contribution in [2.45, 2.75) is 114 Å². The van der Waals surface area contributed by atoms with Crippen molar-refractivity contribution in [3.63, 3.8) is 0 Å². The van der Waals surface area contributed by atoms with Crippen molar-refractivity contribution in [1.29, 1.82) is 5.26 Å². The highest BCUT2D eigenvalue weighted by Crippen LogP contribution is 2.43. The average Bonchev–Trinajstić information content (AvgIpc) is 4.03. The Morgan fingerprint density at radius 2 is 1.76 bits per heavy atom. The summed E-state index contributed by atoms with van der Waals surface area (Å²) in [6.45, 7) is 7.16. The number of thiazole rings is 1. The third-order valence-electron chi connectivity index (χ3n) is 14.9. The molecule has 7 heterocycles. The normalized spacial score (nSPS) is 24.8. The Labute approximate surface area is 398 Å². The van der Waals surface area contributed by atoms with E-state index in [1.165, 1.54) is 11.3 Å². The molecule has 2 aromatic heterocycles. The number of fused-ring (bicyclic) bond motifs is 2. The van der Waals surface area contributed by atoms with E-state index in [-0.39, 0.29) is 47.5 Å². The number of carbonyl (C=O) groups is 2. The number of likely N-dealkylation sites (tertiary alicyclic amines) is 2. The zero-order chi connectivity index (χ0) is 46.2. The van der Waals surface area contributed by atoms with Crippen molar-refractivity contribution < 1.29 is 23.1 Å². The summed E-state index contributed by atoms with van der Waals surface area (Å²) in [6.07, 6.45) is 7.03. The molecule has 3 atom stereocenters. The van der Waals surface area contributed by atoms with Gasteiger partial charge in [-0.3, -0.25) is 19.5 Å². The van der Waals surface area contributed by atoms with Crippen molar-refractivity contribution in [1.82, 2.24) is 35.3 Å². The van der Waals surface area contributed by atoms with Gasteiger partial charge in [0.05, 0.1) is 39.9 Å². The summed E-state index contributed by atoms with van der Waals surface area (Å²) in [5, 5.41) is 31.2. The molecule has 5 aliphatic heterocycles. The predicted molar refractivity (Wildman–Crippen MR) is 254 cm³/mol. The van der Waals surface area contributed by atoms with E-state index in [0.29, 0.717) is 59.0 Å². The highest BCUT2D eigenvalue weighted by atomic mass is 35.5. The van der Waals surface area contributed by atoms with E-state index in [1.54, 1.807) is 42.8 Å². The zero-order valence-corrected chi connectivity index (χ0v) is 39.3. The van der Waals surface area contributed by atoms with Gasteiger partial charge in [-0.1, -0.05) is 11.6 Å². The second-order valence-corrected chi connectivity index (χ2v) is 20.0. The Kier molecular flexibility index (Phi) is 13.3.